The predicted octanol–water partition coefficient (Wildman–Crippen LogP) is 4.84. The third-order valence-electron chi connectivity index (χ3n) is 3.38. The summed E-state index contributed by atoms with van der Waals surface area (Å²) in [6, 6.07) is 17.1. The van der Waals surface area contributed by atoms with Gasteiger partial charge in [-0.15, -0.1) is 0 Å². The zero-order valence-electron chi connectivity index (χ0n) is 11.9. The van der Waals surface area contributed by atoms with Gasteiger partial charge in [0, 0.05) is 22.6 Å². The van der Waals surface area contributed by atoms with Crippen molar-refractivity contribution in [3.8, 4) is 0 Å². The molecule has 0 saturated carbocycles. The van der Waals surface area contributed by atoms with Crippen LogP contribution in [0.25, 0.3) is 0 Å². The highest BCUT2D eigenvalue weighted by Crippen LogP contribution is 2.23. The average Bonchev–Trinajstić information content (AvgIpc) is 2.47. The Morgan fingerprint density at radius 2 is 1.80 bits per heavy atom. The molecule has 3 heteroatoms. The summed E-state index contributed by atoms with van der Waals surface area (Å²) in [4.78, 5) is 0. The predicted molar refractivity (Wildman–Crippen MR) is 90.6 cm³/mol. The number of hydrogen-bond donors (Lipinski definition) is 1. The Morgan fingerprint density at radius 3 is 2.45 bits per heavy atom. The quantitative estimate of drug-likeness (QED) is 0.819. The fraction of sp³-hybridized carbons (Fsp3) is 0.294. The largest absolute Gasteiger partial charge is 0.312 e. The lowest BCUT2D eigenvalue weighted by Crippen LogP contribution is -2.19. The second-order valence-corrected chi connectivity index (χ2v) is 6.31. The molecular weight excluding hydrogens is 286 g/mol. The summed E-state index contributed by atoms with van der Waals surface area (Å²) in [6.07, 6.45) is 0. The maximum atomic E-state index is 5.90. The number of rotatable bonds is 6. The molecule has 0 aliphatic heterocycles. The van der Waals surface area contributed by atoms with Crippen LogP contribution >= 0.6 is 23.4 Å². The minimum Gasteiger partial charge on any atom is -0.312 e. The highest BCUT2D eigenvalue weighted by atomic mass is 35.5. The maximum absolute atomic E-state index is 5.90. The van der Waals surface area contributed by atoms with Gasteiger partial charge < -0.3 is 5.32 Å². The maximum Gasteiger partial charge on any atom is 0.0412 e. The lowest BCUT2D eigenvalue weighted by molar-refractivity contribution is 0.658. The molecule has 20 heavy (non-hydrogen) atoms. The van der Waals surface area contributed by atoms with E-state index in [1.165, 1.54) is 16.7 Å². The fourth-order valence-corrected chi connectivity index (χ4v) is 3.44. The second-order valence-electron chi connectivity index (χ2n) is 4.84. The van der Waals surface area contributed by atoms with E-state index < -0.39 is 0 Å². The van der Waals surface area contributed by atoms with Crippen molar-refractivity contribution in [1.82, 2.24) is 5.32 Å². The summed E-state index contributed by atoms with van der Waals surface area (Å²) in [5.41, 5.74) is 4.05. The van der Waals surface area contributed by atoms with Crippen molar-refractivity contribution in [2.45, 2.75) is 18.7 Å². The fourth-order valence-electron chi connectivity index (χ4n) is 2.18. The van der Waals surface area contributed by atoms with Crippen LogP contribution in [0, 0.1) is 6.92 Å². The number of halogens is 1. The Bertz CT molecular complexity index is 539. The third kappa shape index (κ3) is 4.27. The number of nitrogens with one attached hydrogen (secondary N) is 1. The summed E-state index contributed by atoms with van der Waals surface area (Å²) in [5.74, 6) is 2.07. The molecule has 0 heterocycles. The standard InChI is InChI=1S/C17H20ClNS/c1-13-5-3-4-6-16(13)17(19-2)12-20-11-14-7-9-15(18)10-8-14/h3-10,17,19H,11-12H2,1-2H3. The van der Waals surface area contributed by atoms with E-state index in [2.05, 4.69) is 48.6 Å². The van der Waals surface area contributed by atoms with Gasteiger partial charge in [0.1, 0.15) is 0 Å². The molecule has 0 fully saturated rings. The van der Waals surface area contributed by atoms with Crippen molar-refractivity contribution in [1.29, 1.82) is 0 Å². The molecule has 0 aromatic heterocycles. The summed E-state index contributed by atoms with van der Waals surface area (Å²) in [7, 11) is 2.03. The van der Waals surface area contributed by atoms with Crippen molar-refractivity contribution < 1.29 is 0 Å². The van der Waals surface area contributed by atoms with Crippen LogP contribution in [0.4, 0.5) is 0 Å². The zero-order chi connectivity index (χ0) is 14.4. The summed E-state index contributed by atoms with van der Waals surface area (Å²) in [5, 5.41) is 4.21. The van der Waals surface area contributed by atoms with Crippen LogP contribution in [0.15, 0.2) is 48.5 Å². The van der Waals surface area contributed by atoms with Gasteiger partial charge in [-0.25, -0.2) is 0 Å². The number of aryl methyl sites for hydroxylation is 1. The van der Waals surface area contributed by atoms with Crippen molar-refractivity contribution in [2.24, 2.45) is 0 Å². The van der Waals surface area contributed by atoms with Gasteiger partial charge in [0.05, 0.1) is 0 Å². The van der Waals surface area contributed by atoms with Crippen LogP contribution in [0.3, 0.4) is 0 Å². The molecule has 0 bridgehead atoms. The molecule has 0 saturated heterocycles. The molecule has 2 aromatic rings. The Kier molecular flexibility index (Phi) is 5.96. The van der Waals surface area contributed by atoms with Crippen LogP contribution in [-0.2, 0) is 5.75 Å². The molecule has 0 aliphatic rings. The highest BCUT2D eigenvalue weighted by molar-refractivity contribution is 7.98. The van der Waals surface area contributed by atoms with E-state index in [0.717, 1.165) is 16.5 Å². The molecule has 2 aromatic carbocycles. The van der Waals surface area contributed by atoms with Gasteiger partial charge in [-0.2, -0.15) is 11.8 Å². The summed E-state index contributed by atoms with van der Waals surface area (Å²) in [6.45, 7) is 2.17. The van der Waals surface area contributed by atoms with Gasteiger partial charge in [0.2, 0.25) is 0 Å². The molecule has 0 radical (unpaired) electrons. The number of benzene rings is 2. The molecule has 106 valence electrons. The first-order chi connectivity index (χ1) is 9.70. The van der Waals surface area contributed by atoms with E-state index in [-0.39, 0.29) is 0 Å². The Labute approximate surface area is 130 Å². The van der Waals surface area contributed by atoms with Crippen LogP contribution in [0.5, 0.6) is 0 Å². The van der Waals surface area contributed by atoms with Crippen LogP contribution in [0.2, 0.25) is 5.02 Å². The van der Waals surface area contributed by atoms with E-state index >= 15 is 0 Å². The third-order valence-corrected chi connectivity index (χ3v) is 4.74. The molecule has 1 nitrogen and oxygen atoms in total. The molecule has 1 N–H and O–H groups in total. The van der Waals surface area contributed by atoms with E-state index in [1.807, 2.05) is 30.9 Å². The van der Waals surface area contributed by atoms with Crippen LogP contribution in [-0.4, -0.2) is 12.8 Å². The van der Waals surface area contributed by atoms with Gasteiger partial charge in [-0.1, -0.05) is 48.0 Å². The monoisotopic (exact) mass is 305 g/mol. The molecular formula is C17H20ClNS. The Hall–Kier alpha value is -0.960. The lowest BCUT2D eigenvalue weighted by Gasteiger charge is -2.18. The Morgan fingerprint density at radius 1 is 1.10 bits per heavy atom. The molecule has 1 unspecified atom stereocenters. The van der Waals surface area contributed by atoms with E-state index in [1.54, 1.807) is 0 Å². The zero-order valence-corrected chi connectivity index (χ0v) is 13.5. The highest BCUT2D eigenvalue weighted by Gasteiger charge is 2.11. The van der Waals surface area contributed by atoms with Crippen molar-refractivity contribution in [3.63, 3.8) is 0 Å². The summed E-state index contributed by atoms with van der Waals surface area (Å²) < 4.78 is 0. The normalized spacial score (nSPS) is 12.3. The van der Waals surface area contributed by atoms with Crippen molar-refractivity contribution in [3.05, 3.63) is 70.2 Å². The van der Waals surface area contributed by atoms with Gasteiger partial charge in [0.15, 0.2) is 0 Å². The average molecular weight is 306 g/mol. The SMILES string of the molecule is CNC(CSCc1ccc(Cl)cc1)c1ccccc1C. The van der Waals surface area contributed by atoms with E-state index in [0.29, 0.717) is 6.04 Å². The number of thioether (sulfide) groups is 1. The van der Waals surface area contributed by atoms with Gasteiger partial charge >= 0.3 is 0 Å². The first-order valence-corrected chi connectivity index (χ1v) is 8.29. The Balaban J connectivity index is 1.91. The lowest BCUT2D eigenvalue weighted by atomic mass is 10.0. The van der Waals surface area contributed by atoms with Gasteiger partial charge in [0.25, 0.3) is 0 Å². The van der Waals surface area contributed by atoms with E-state index in [9.17, 15) is 0 Å². The van der Waals surface area contributed by atoms with Gasteiger partial charge in [-0.3, -0.25) is 0 Å². The minimum atomic E-state index is 0.397. The smallest absolute Gasteiger partial charge is 0.0412 e. The topological polar surface area (TPSA) is 12.0 Å². The first-order valence-electron chi connectivity index (χ1n) is 6.75. The van der Waals surface area contributed by atoms with Crippen molar-refractivity contribution >= 4 is 23.4 Å². The first kappa shape index (κ1) is 15.4. The van der Waals surface area contributed by atoms with E-state index in [4.69, 9.17) is 11.6 Å². The van der Waals surface area contributed by atoms with Crippen LogP contribution < -0.4 is 5.32 Å². The van der Waals surface area contributed by atoms with Crippen molar-refractivity contribution in [2.75, 3.05) is 12.8 Å². The molecule has 2 rings (SSSR count). The molecule has 1 atom stereocenters. The molecule has 0 aliphatic carbocycles. The minimum absolute atomic E-state index is 0.397. The molecule has 0 spiro atoms. The summed E-state index contributed by atoms with van der Waals surface area (Å²) >= 11 is 7.84. The van der Waals surface area contributed by atoms with Crippen LogP contribution in [0.1, 0.15) is 22.7 Å². The second kappa shape index (κ2) is 7.72. The van der Waals surface area contributed by atoms with Gasteiger partial charge in [-0.05, 0) is 42.8 Å². The molecule has 0 amide bonds. The number of hydrogen-bond acceptors (Lipinski definition) is 2.